The molecule has 3 aromatic heterocycles. The lowest BCUT2D eigenvalue weighted by Gasteiger charge is -2.30. The van der Waals surface area contributed by atoms with Crippen molar-refractivity contribution in [1.29, 1.82) is 0 Å². The Labute approximate surface area is 174 Å². The molecule has 0 atom stereocenters. The Morgan fingerprint density at radius 3 is 2.73 bits per heavy atom. The van der Waals surface area contributed by atoms with Crippen molar-refractivity contribution in [3.05, 3.63) is 41.7 Å². The number of ketones is 1. The third-order valence-electron chi connectivity index (χ3n) is 6.14. The van der Waals surface area contributed by atoms with Crippen molar-refractivity contribution < 1.29 is 4.79 Å². The number of nitrogen functional groups attached to an aromatic ring is 1. The molecule has 7 nitrogen and oxygen atoms in total. The van der Waals surface area contributed by atoms with Gasteiger partial charge in [0, 0.05) is 47.6 Å². The first-order chi connectivity index (χ1) is 14.5. The zero-order valence-corrected chi connectivity index (χ0v) is 17.3. The minimum absolute atomic E-state index is 0.402. The van der Waals surface area contributed by atoms with Crippen molar-refractivity contribution in [2.24, 2.45) is 0 Å². The maximum absolute atomic E-state index is 11.5. The summed E-state index contributed by atoms with van der Waals surface area (Å²) in [7, 11) is 2.16. The van der Waals surface area contributed by atoms with Crippen molar-refractivity contribution in [1.82, 2.24) is 24.8 Å². The summed E-state index contributed by atoms with van der Waals surface area (Å²) in [4.78, 5) is 29.4. The van der Waals surface area contributed by atoms with E-state index in [-0.39, 0.29) is 0 Å². The summed E-state index contributed by atoms with van der Waals surface area (Å²) >= 11 is 0. The molecule has 1 aromatic carbocycles. The van der Waals surface area contributed by atoms with E-state index in [9.17, 15) is 4.79 Å². The number of nitrogens with two attached hydrogens (primary N) is 1. The number of nitrogens with zero attached hydrogens (tertiary/aromatic N) is 3. The molecule has 5 rings (SSSR count). The van der Waals surface area contributed by atoms with Crippen LogP contribution in [0.4, 0.5) is 5.82 Å². The van der Waals surface area contributed by atoms with Crippen molar-refractivity contribution in [3.8, 4) is 11.3 Å². The quantitative estimate of drug-likeness (QED) is 0.480. The lowest BCUT2D eigenvalue weighted by atomic mass is 9.93. The molecule has 0 unspecified atom stereocenters. The highest BCUT2D eigenvalue weighted by atomic mass is 16.1. The number of benzene rings is 1. The summed E-state index contributed by atoms with van der Waals surface area (Å²) in [6, 6.07) is 11.1. The van der Waals surface area contributed by atoms with Gasteiger partial charge in [-0.15, -0.1) is 0 Å². The Kier molecular flexibility index (Phi) is 4.55. The molecule has 1 aliphatic rings. The number of hydrogen-bond acceptors (Lipinski definition) is 5. The van der Waals surface area contributed by atoms with Gasteiger partial charge in [-0.25, -0.2) is 9.97 Å². The van der Waals surface area contributed by atoms with Crippen molar-refractivity contribution >= 4 is 33.7 Å². The molecular formula is C23H26N6O. The van der Waals surface area contributed by atoms with Crippen LogP contribution in [0, 0.1) is 6.92 Å². The molecular weight excluding hydrogens is 376 g/mol. The number of nitrogens with one attached hydrogen (secondary N) is 2. The van der Waals surface area contributed by atoms with Gasteiger partial charge in [0.15, 0.2) is 5.65 Å². The summed E-state index contributed by atoms with van der Waals surface area (Å²) in [5.41, 5.74) is 11.9. The number of fused-ring (bicyclic) bond motifs is 2. The van der Waals surface area contributed by atoms with Crippen LogP contribution >= 0.6 is 0 Å². The fourth-order valence-electron chi connectivity index (χ4n) is 4.54. The van der Waals surface area contributed by atoms with E-state index in [2.05, 4.69) is 56.1 Å². The molecule has 0 amide bonds. The van der Waals surface area contributed by atoms with Gasteiger partial charge in [-0.3, -0.25) is 9.69 Å². The summed E-state index contributed by atoms with van der Waals surface area (Å²) in [6.45, 7) is 2.79. The van der Waals surface area contributed by atoms with E-state index in [1.165, 1.54) is 5.56 Å². The van der Waals surface area contributed by atoms with Gasteiger partial charge in [0.25, 0.3) is 0 Å². The van der Waals surface area contributed by atoms with E-state index in [1.54, 1.807) is 0 Å². The van der Waals surface area contributed by atoms with Crippen molar-refractivity contribution in [2.45, 2.75) is 45.2 Å². The highest BCUT2D eigenvalue weighted by Gasteiger charge is 2.22. The maximum Gasteiger partial charge on any atom is 0.180 e. The minimum atomic E-state index is 0.402. The number of aromatic nitrogens is 4. The zero-order valence-electron chi connectivity index (χ0n) is 17.3. The van der Waals surface area contributed by atoms with Crippen LogP contribution in [0.2, 0.25) is 0 Å². The molecule has 1 aliphatic carbocycles. The lowest BCUT2D eigenvalue weighted by molar-refractivity contribution is -0.121. The predicted molar refractivity (Wildman–Crippen MR) is 119 cm³/mol. The smallest absolute Gasteiger partial charge is 0.180 e. The highest BCUT2D eigenvalue weighted by Crippen LogP contribution is 2.31. The Morgan fingerprint density at radius 2 is 1.93 bits per heavy atom. The van der Waals surface area contributed by atoms with Crippen molar-refractivity contribution in [2.75, 3.05) is 12.8 Å². The number of rotatable bonds is 4. The van der Waals surface area contributed by atoms with Crippen LogP contribution in [0.15, 0.2) is 30.3 Å². The molecule has 30 heavy (non-hydrogen) atoms. The van der Waals surface area contributed by atoms with Crippen LogP contribution in [0.3, 0.4) is 0 Å². The number of anilines is 1. The summed E-state index contributed by atoms with van der Waals surface area (Å²) in [5.74, 6) is 1.67. The van der Waals surface area contributed by atoms with Gasteiger partial charge in [0.2, 0.25) is 0 Å². The molecule has 0 bridgehead atoms. The van der Waals surface area contributed by atoms with Crippen LogP contribution in [0.5, 0.6) is 0 Å². The van der Waals surface area contributed by atoms with Crippen LogP contribution in [0.25, 0.3) is 33.3 Å². The fraction of sp³-hybridized carbons (Fsp3) is 0.348. The number of carbonyl (C=O) groups is 1. The largest absolute Gasteiger partial charge is 0.384 e. The number of hydrogen-bond donors (Lipinski definition) is 3. The summed E-state index contributed by atoms with van der Waals surface area (Å²) in [5, 5.41) is 1.16. The number of imidazole rings is 1. The van der Waals surface area contributed by atoms with E-state index >= 15 is 0 Å². The Morgan fingerprint density at radius 1 is 1.13 bits per heavy atom. The SMILES string of the molecule is Cc1nc2nc(N)cc(-c3cc4cc(CN(C)C5CCC(=O)CC5)ccc4[nH]3)c2[nH]1. The minimum Gasteiger partial charge on any atom is -0.384 e. The van der Waals surface area contributed by atoms with Gasteiger partial charge in [0.1, 0.15) is 17.4 Å². The van der Waals surface area contributed by atoms with Gasteiger partial charge in [0.05, 0.1) is 5.52 Å². The first-order valence-electron chi connectivity index (χ1n) is 10.4. The molecule has 0 saturated heterocycles. The average molecular weight is 403 g/mol. The first-order valence-corrected chi connectivity index (χ1v) is 10.4. The Balaban J connectivity index is 1.44. The third kappa shape index (κ3) is 3.45. The van der Waals surface area contributed by atoms with Gasteiger partial charge in [-0.05, 0) is 56.6 Å². The van der Waals surface area contributed by atoms with Gasteiger partial charge in [-0.1, -0.05) is 6.07 Å². The molecule has 0 aliphatic heterocycles. The second-order valence-corrected chi connectivity index (χ2v) is 8.41. The van der Waals surface area contributed by atoms with Crippen LogP contribution < -0.4 is 5.73 Å². The number of carbonyl (C=O) groups excluding carboxylic acids is 1. The molecule has 1 saturated carbocycles. The first kappa shape index (κ1) is 18.8. The lowest BCUT2D eigenvalue weighted by Crippen LogP contribution is -2.34. The Bertz CT molecular complexity index is 1240. The fourth-order valence-corrected chi connectivity index (χ4v) is 4.54. The summed E-state index contributed by atoms with van der Waals surface area (Å²) in [6.07, 6.45) is 3.36. The van der Waals surface area contributed by atoms with Crippen LogP contribution in [-0.4, -0.2) is 43.7 Å². The number of H-pyrrole nitrogens is 2. The third-order valence-corrected chi connectivity index (χ3v) is 6.14. The monoisotopic (exact) mass is 402 g/mol. The van der Waals surface area contributed by atoms with Gasteiger partial charge < -0.3 is 15.7 Å². The maximum atomic E-state index is 11.5. The van der Waals surface area contributed by atoms with Crippen LogP contribution in [0.1, 0.15) is 37.1 Å². The molecule has 154 valence electrons. The normalized spacial score (nSPS) is 15.6. The molecule has 4 aromatic rings. The standard InChI is InChI=1S/C23H26N6O/c1-13-25-22-18(11-21(24)28-23(22)26-13)20-10-15-9-14(3-8-19(15)27-20)12-29(2)16-4-6-17(30)7-5-16/h3,8-11,16,27H,4-7,12H2,1-2H3,(H3,24,25,26,28). The topological polar surface area (TPSA) is 104 Å². The molecule has 4 N–H and O–H groups in total. The molecule has 0 radical (unpaired) electrons. The predicted octanol–water partition coefficient (Wildman–Crippen LogP) is 3.94. The second kappa shape index (κ2) is 7.25. The highest BCUT2D eigenvalue weighted by molar-refractivity contribution is 5.95. The molecule has 1 fully saturated rings. The van der Waals surface area contributed by atoms with Gasteiger partial charge >= 0.3 is 0 Å². The number of aryl methyl sites for hydroxylation is 1. The zero-order chi connectivity index (χ0) is 20.8. The van der Waals surface area contributed by atoms with E-state index < -0.39 is 0 Å². The van der Waals surface area contributed by atoms with E-state index in [1.807, 2.05) is 13.0 Å². The van der Waals surface area contributed by atoms with Crippen molar-refractivity contribution in [3.63, 3.8) is 0 Å². The van der Waals surface area contributed by atoms with Crippen LogP contribution in [-0.2, 0) is 11.3 Å². The Hall–Kier alpha value is -3.19. The van der Waals surface area contributed by atoms with Gasteiger partial charge in [-0.2, -0.15) is 0 Å². The van der Waals surface area contributed by atoms with E-state index in [0.29, 0.717) is 36.1 Å². The molecule has 3 heterocycles. The molecule has 0 spiro atoms. The summed E-state index contributed by atoms with van der Waals surface area (Å²) < 4.78 is 0. The van der Waals surface area contributed by atoms with E-state index in [4.69, 9.17) is 5.73 Å². The number of aromatic amines is 2. The second-order valence-electron chi connectivity index (χ2n) is 8.41. The van der Waals surface area contributed by atoms with E-state index in [0.717, 1.165) is 52.9 Å². The number of pyridine rings is 1. The molecule has 7 heteroatoms. The number of Topliss-reactive ketones (excluding diaryl/α,β-unsaturated/α-hetero) is 1. The average Bonchev–Trinajstić information content (AvgIpc) is 3.29.